The molecule has 1 saturated carbocycles. The Labute approximate surface area is 174 Å². The lowest BCUT2D eigenvalue weighted by Crippen LogP contribution is -2.23. The number of thioether (sulfide) groups is 1. The Morgan fingerprint density at radius 1 is 1.21 bits per heavy atom. The van der Waals surface area contributed by atoms with Gasteiger partial charge in [0.25, 0.3) is 0 Å². The summed E-state index contributed by atoms with van der Waals surface area (Å²) in [6.45, 7) is 2.60. The van der Waals surface area contributed by atoms with Gasteiger partial charge in [0.1, 0.15) is 11.6 Å². The van der Waals surface area contributed by atoms with E-state index in [2.05, 4.69) is 32.2 Å². The first kappa shape index (κ1) is 19.5. The van der Waals surface area contributed by atoms with Crippen molar-refractivity contribution in [1.29, 1.82) is 0 Å². The van der Waals surface area contributed by atoms with Crippen LogP contribution in [0.15, 0.2) is 59.8 Å². The van der Waals surface area contributed by atoms with Gasteiger partial charge < -0.3 is 14.6 Å². The first-order valence-corrected chi connectivity index (χ1v) is 10.6. The highest BCUT2D eigenvalue weighted by molar-refractivity contribution is 8.00. The summed E-state index contributed by atoms with van der Waals surface area (Å²) in [4.78, 5) is 12.7. The van der Waals surface area contributed by atoms with Crippen LogP contribution in [0.2, 0.25) is 0 Å². The van der Waals surface area contributed by atoms with Gasteiger partial charge in [0.15, 0.2) is 5.16 Å². The number of hydrogen-bond donors (Lipinski definition) is 1. The number of methoxy groups -OCH3 is 1. The van der Waals surface area contributed by atoms with Crippen LogP contribution in [-0.2, 0) is 11.3 Å². The van der Waals surface area contributed by atoms with Crippen molar-refractivity contribution >= 4 is 23.4 Å². The molecule has 3 aromatic rings. The lowest BCUT2D eigenvalue weighted by molar-refractivity contribution is -0.115. The van der Waals surface area contributed by atoms with Gasteiger partial charge in [0.2, 0.25) is 5.91 Å². The summed E-state index contributed by atoms with van der Waals surface area (Å²) in [5.41, 5.74) is 1.91. The van der Waals surface area contributed by atoms with Gasteiger partial charge in [-0.05, 0) is 37.5 Å². The lowest BCUT2D eigenvalue weighted by atomic mass is 10.2. The number of hydrogen-bond acceptors (Lipinski definition) is 5. The van der Waals surface area contributed by atoms with E-state index in [4.69, 9.17) is 4.74 Å². The molecule has 0 saturated heterocycles. The third-order valence-corrected chi connectivity index (χ3v) is 5.94. The van der Waals surface area contributed by atoms with Crippen LogP contribution in [0.3, 0.4) is 0 Å². The monoisotopic (exact) mass is 408 g/mol. The van der Waals surface area contributed by atoms with Crippen LogP contribution in [0.5, 0.6) is 5.75 Å². The molecule has 2 aromatic carbocycles. The Balaban J connectivity index is 1.48. The average Bonchev–Trinajstić information content (AvgIpc) is 3.52. The van der Waals surface area contributed by atoms with E-state index in [0.717, 1.165) is 23.8 Å². The number of ether oxygens (including phenoxy) is 1. The summed E-state index contributed by atoms with van der Waals surface area (Å²) in [5.74, 6) is 2.14. The number of amides is 1. The molecule has 0 radical (unpaired) electrons. The quantitative estimate of drug-likeness (QED) is 0.562. The third kappa shape index (κ3) is 4.79. The molecular formula is C22H24N4O2S. The summed E-state index contributed by atoms with van der Waals surface area (Å²) < 4.78 is 7.38. The van der Waals surface area contributed by atoms with Gasteiger partial charge in [-0.15, -0.1) is 10.2 Å². The summed E-state index contributed by atoms with van der Waals surface area (Å²) in [6, 6.07) is 17.6. The fourth-order valence-corrected chi connectivity index (χ4v) is 3.96. The first-order chi connectivity index (χ1) is 14.1. The van der Waals surface area contributed by atoms with Gasteiger partial charge in [-0.1, -0.05) is 48.2 Å². The number of carbonyl (C=O) groups is 1. The molecule has 0 bridgehead atoms. The van der Waals surface area contributed by atoms with Crippen molar-refractivity contribution in [2.75, 3.05) is 12.4 Å². The standard InChI is InChI=1S/C22H24N4O2S/c1-15(21(27)23-18-9-6-10-19(13-18)28-2)29-22-25-24-20(17-11-12-17)26(22)14-16-7-4-3-5-8-16/h3-10,13,15,17H,11-12,14H2,1-2H3,(H,23,27). The molecular weight excluding hydrogens is 384 g/mol. The Morgan fingerprint density at radius 2 is 2.00 bits per heavy atom. The van der Waals surface area contributed by atoms with Crippen molar-refractivity contribution in [3.63, 3.8) is 0 Å². The molecule has 4 rings (SSSR count). The Kier molecular flexibility index (Phi) is 5.85. The lowest BCUT2D eigenvalue weighted by Gasteiger charge is -2.14. The van der Waals surface area contributed by atoms with Gasteiger partial charge in [-0.25, -0.2) is 0 Å². The van der Waals surface area contributed by atoms with E-state index in [1.807, 2.05) is 43.3 Å². The minimum absolute atomic E-state index is 0.0783. The smallest absolute Gasteiger partial charge is 0.237 e. The van der Waals surface area contributed by atoms with Crippen molar-refractivity contribution in [2.45, 2.75) is 42.6 Å². The van der Waals surface area contributed by atoms with Crippen LogP contribution in [-0.4, -0.2) is 33.0 Å². The summed E-state index contributed by atoms with van der Waals surface area (Å²) in [5, 5.41) is 12.3. The number of carbonyl (C=O) groups excluding carboxylic acids is 1. The minimum atomic E-state index is -0.313. The predicted molar refractivity (Wildman–Crippen MR) is 114 cm³/mol. The molecule has 1 aliphatic rings. The zero-order valence-electron chi connectivity index (χ0n) is 16.5. The number of benzene rings is 2. The second-order valence-electron chi connectivity index (χ2n) is 7.17. The van der Waals surface area contributed by atoms with Crippen LogP contribution >= 0.6 is 11.8 Å². The molecule has 0 spiro atoms. The van der Waals surface area contributed by atoms with E-state index in [-0.39, 0.29) is 11.2 Å². The van der Waals surface area contributed by atoms with Crippen LogP contribution < -0.4 is 10.1 Å². The number of nitrogens with one attached hydrogen (secondary N) is 1. The highest BCUT2D eigenvalue weighted by Gasteiger charge is 2.31. The molecule has 6 nitrogen and oxygen atoms in total. The van der Waals surface area contributed by atoms with Crippen LogP contribution in [0.1, 0.15) is 37.1 Å². The van der Waals surface area contributed by atoms with Crippen molar-refractivity contribution in [3.05, 3.63) is 66.0 Å². The molecule has 1 aliphatic carbocycles. The second-order valence-corrected chi connectivity index (χ2v) is 8.48. The van der Waals surface area contributed by atoms with Crippen molar-refractivity contribution < 1.29 is 9.53 Å². The molecule has 1 fully saturated rings. The first-order valence-electron chi connectivity index (χ1n) is 9.72. The van der Waals surface area contributed by atoms with Crippen molar-refractivity contribution in [2.24, 2.45) is 0 Å². The molecule has 1 N–H and O–H groups in total. The molecule has 7 heteroatoms. The number of nitrogens with zero attached hydrogens (tertiary/aromatic N) is 3. The molecule has 29 heavy (non-hydrogen) atoms. The highest BCUT2D eigenvalue weighted by atomic mass is 32.2. The van der Waals surface area contributed by atoms with E-state index < -0.39 is 0 Å². The van der Waals surface area contributed by atoms with Gasteiger partial charge >= 0.3 is 0 Å². The van der Waals surface area contributed by atoms with E-state index in [0.29, 0.717) is 23.9 Å². The highest BCUT2D eigenvalue weighted by Crippen LogP contribution is 2.40. The number of aromatic nitrogens is 3. The average molecular weight is 409 g/mol. The van der Waals surface area contributed by atoms with Crippen molar-refractivity contribution in [1.82, 2.24) is 14.8 Å². The fourth-order valence-electron chi connectivity index (χ4n) is 3.10. The Bertz CT molecular complexity index is 985. The molecule has 1 heterocycles. The van der Waals surface area contributed by atoms with Gasteiger partial charge in [-0.2, -0.15) is 0 Å². The largest absolute Gasteiger partial charge is 0.497 e. The van der Waals surface area contributed by atoms with E-state index >= 15 is 0 Å². The van der Waals surface area contributed by atoms with Crippen LogP contribution in [0.4, 0.5) is 5.69 Å². The SMILES string of the molecule is COc1cccc(NC(=O)C(C)Sc2nnc(C3CC3)n2Cc2ccccc2)c1. The molecule has 1 aromatic heterocycles. The molecule has 1 atom stereocenters. The maximum Gasteiger partial charge on any atom is 0.237 e. The molecule has 150 valence electrons. The Hall–Kier alpha value is -2.80. The zero-order valence-corrected chi connectivity index (χ0v) is 17.4. The zero-order chi connectivity index (χ0) is 20.2. The van der Waals surface area contributed by atoms with Crippen LogP contribution in [0, 0.1) is 0 Å². The maximum atomic E-state index is 12.7. The normalized spacial score (nSPS) is 14.4. The summed E-state index contributed by atoms with van der Waals surface area (Å²) in [7, 11) is 1.61. The maximum absolute atomic E-state index is 12.7. The van der Waals surface area contributed by atoms with Crippen molar-refractivity contribution in [3.8, 4) is 5.75 Å². The molecule has 0 aliphatic heterocycles. The Morgan fingerprint density at radius 3 is 2.72 bits per heavy atom. The molecule has 1 amide bonds. The van der Waals surface area contributed by atoms with Crippen LogP contribution in [0.25, 0.3) is 0 Å². The third-order valence-electron chi connectivity index (χ3n) is 4.86. The summed E-state index contributed by atoms with van der Waals surface area (Å²) in [6.07, 6.45) is 2.31. The predicted octanol–water partition coefficient (Wildman–Crippen LogP) is 4.33. The van der Waals surface area contributed by atoms with Gasteiger partial charge in [-0.3, -0.25) is 4.79 Å². The van der Waals surface area contributed by atoms with E-state index in [9.17, 15) is 4.79 Å². The van der Waals surface area contributed by atoms with Gasteiger partial charge in [0.05, 0.1) is 18.9 Å². The second kappa shape index (κ2) is 8.69. The van der Waals surface area contributed by atoms with E-state index in [1.54, 1.807) is 13.2 Å². The fraction of sp³-hybridized carbons (Fsp3) is 0.318. The summed E-state index contributed by atoms with van der Waals surface area (Å²) >= 11 is 1.44. The van der Waals surface area contributed by atoms with Gasteiger partial charge in [0, 0.05) is 17.7 Å². The topological polar surface area (TPSA) is 69.0 Å². The number of rotatable bonds is 8. The number of anilines is 1. The minimum Gasteiger partial charge on any atom is -0.497 e. The van der Waals surface area contributed by atoms with E-state index in [1.165, 1.54) is 17.3 Å². The molecule has 1 unspecified atom stereocenters.